The Morgan fingerprint density at radius 1 is 0.568 bits per heavy atom. The highest BCUT2D eigenvalue weighted by atomic mass is 31.2. The summed E-state index contributed by atoms with van der Waals surface area (Å²) >= 11 is 0. The van der Waals surface area contributed by atoms with E-state index < -0.39 is 7.37 Å². The van der Waals surface area contributed by atoms with Crippen LogP contribution < -0.4 is 0 Å². The van der Waals surface area contributed by atoms with E-state index in [1.54, 1.807) is 27.4 Å². The number of esters is 3. The van der Waals surface area contributed by atoms with E-state index in [0.717, 1.165) is 0 Å². The Kier molecular flexibility index (Phi) is 16.9. The Balaban J connectivity index is 3.09. The molecule has 1 aliphatic heterocycles. The summed E-state index contributed by atoms with van der Waals surface area (Å²) in [4.78, 5) is 44.7. The van der Waals surface area contributed by atoms with Crippen LogP contribution in [-0.2, 0) is 37.7 Å². The Hall–Kier alpha value is -1.56. The molecule has 0 spiro atoms. The Bertz CT molecular complexity index is 706. The van der Waals surface area contributed by atoms with Crippen LogP contribution in [0.15, 0.2) is 0 Å². The molecule has 0 N–H and O–H groups in total. The Morgan fingerprint density at radius 2 is 0.865 bits per heavy atom. The molecule has 1 fully saturated rings. The van der Waals surface area contributed by atoms with Crippen LogP contribution in [0, 0.1) is 0 Å². The van der Waals surface area contributed by atoms with E-state index in [2.05, 4.69) is 4.90 Å². The molecule has 0 saturated carbocycles. The van der Waals surface area contributed by atoms with Gasteiger partial charge in [0.2, 0.25) is 7.37 Å². The summed E-state index contributed by atoms with van der Waals surface area (Å²) in [5.41, 5.74) is 0. The van der Waals surface area contributed by atoms with Gasteiger partial charge < -0.3 is 18.7 Å². The van der Waals surface area contributed by atoms with Crippen molar-refractivity contribution in [3.63, 3.8) is 0 Å². The number of ether oxygens (including phenoxy) is 3. The fourth-order valence-corrected chi connectivity index (χ4v) is 5.68. The molecular formula is C24H47N4O8P. The minimum atomic E-state index is -2.84. The van der Waals surface area contributed by atoms with Gasteiger partial charge in [0.15, 0.2) is 0 Å². The maximum absolute atomic E-state index is 13.0. The van der Waals surface area contributed by atoms with Crippen molar-refractivity contribution in [2.75, 3.05) is 111 Å². The molecule has 1 heterocycles. The summed E-state index contributed by atoms with van der Waals surface area (Å²) in [7, 11) is -2.84. The van der Waals surface area contributed by atoms with E-state index in [9.17, 15) is 18.9 Å². The molecule has 0 amide bonds. The zero-order valence-corrected chi connectivity index (χ0v) is 24.2. The van der Waals surface area contributed by atoms with E-state index in [1.165, 1.54) is 0 Å². The second-order valence-electron chi connectivity index (χ2n) is 8.93. The highest BCUT2D eigenvalue weighted by molar-refractivity contribution is 7.58. The van der Waals surface area contributed by atoms with Gasteiger partial charge >= 0.3 is 17.9 Å². The number of hydrogen-bond acceptors (Lipinski definition) is 12. The van der Waals surface area contributed by atoms with Gasteiger partial charge in [0.1, 0.15) is 0 Å². The van der Waals surface area contributed by atoms with Crippen LogP contribution in [0.3, 0.4) is 0 Å². The highest BCUT2D eigenvalue weighted by Gasteiger charge is 2.24. The highest BCUT2D eigenvalue weighted by Crippen LogP contribution is 2.42. The third-order valence-corrected chi connectivity index (χ3v) is 7.48. The fraction of sp³-hybridized carbons (Fsp3) is 0.875. The quantitative estimate of drug-likeness (QED) is 0.183. The molecule has 1 saturated heterocycles. The molecular weight excluding hydrogens is 503 g/mol. The molecule has 1 atom stereocenters. The molecule has 1 aliphatic rings. The van der Waals surface area contributed by atoms with Crippen molar-refractivity contribution in [3.05, 3.63) is 0 Å². The van der Waals surface area contributed by atoms with Crippen LogP contribution in [0.4, 0.5) is 0 Å². The maximum atomic E-state index is 13.0. The first-order valence-corrected chi connectivity index (χ1v) is 15.4. The molecule has 13 heteroatoms. The van der Waals surface area contributed by atoms with Gasteiger partial charge in [-0.25, -0.2) is 0 Å². The predicted octanol–water partition coefficient (Wildman–Crippen LogP) is 0.799. The first-order valence-electron chi connectivity index (χ1n) is 13.2. The van der Waals surface area contributed by atoms with Crippen molar-refractivity contribution < 1.29 is 37.7 Å². The zero-order valence-electron chi connectivity index (χ0n) is 23.3. The van der Waals surface area contributed by atoms with Crippen molar-refractivity contribution in [3.8, 4) is 0 Å². The molecule has 0 aromatic rings. The van der Waals surface area contributed by atoms with Gasteiger partial charge in [0.25, 0.3) is 0 Å². The molecule has 12 nitrogen and oxygen atoms in total. The smallest absolute Gasteiger partial charge is 0.320 e. The minimum absolute atomic E-state index is 0.119. The first-order chi connectivity index (χ1) is 17.6. The van der Waals surface area contributed by atoms with Gasteiger partial charge in [-0.3, -0.25) is 38.5 Å². The van der Waals surface area contributed by atoms with Crippen LogP contribution >= 0.6 is 7.37 Å². The molecule has 1 unspecified atom stereocenters. The Labute approximate surface area is 221 Å². The lowest BCUT2D eigenvalue weighted by atomic mass is 10.3. The van der Waals surface area contributed by atoms with Crippen LogP contribution in [0.1, 0.15) is 27.7 Å². The lowest BCUT2D eigenvalue weighted by Crippen LogP contribution is -2.48. The van der Waals surface area contributed by atoms with Crippen LogP contribution in [0.5, 0.6) is 0 Å². The van der Waals surface area contributed by atoms with Crippen LogP contribution in [0.25, 0.3) is 0 Å². The maximum Gasteiger partial charge on any atom is 0.320 e. The lowest BCUT2D eigenvalue weighted by Gasteiger charge is -2.34. The first kappa shape index (κ1) is 33.5. The van der Waals surface area contributed by atoms with Gasteiger partial charge in [0, 0.05) is 59.0 Å². The molecule has 37 heavy (non-hydrogen) atoms. The summed E-state index contributed by atoms with van der Waals surface area (Å²) in [6, 6.07) is 0. The molecule has 0 aliphatic carbocycles. The van der Waals surface area contributed by atoms with E-state index in [1.807, 2.05) is 21.6 Å². The van der Waals surface area contributed by atoms with E-state index >= 15 is 0 Å². The largest absolute Gasteiger partial charge is 0.465 e. The normalized spacial score (nSPS) is 19.3. The van der Waals surface area contributed by atoms with Crippen molar-refractivity contribution in [2.45, 2.75) is 27.7 Å². The summed E-state index contributed by atoms with van der Waals surface area (Å²) in [5.74, 6) is -0.937. The third kappa shape index (κ3) is 15.4. The van der Waals surface area contributed by atoms with Crippen molar-refractivity contribution in [1.82, 2.24) is 19.6 Å². The van der Waals surface area contributed by atoms with Gasteiger partial charge in [-0.1, -0.05) is 0 Å². The SMILES string of the molecule is CCOC(=O)CN1CCN(CC(=O)OCC)CCN(CP(C)(=O)OCC)CCN(CC(=O)OCC)CC1. The second-order valence-corrected chi connectivity index (χ2v) is 11.5. The summed E-state index contributed by atoms with van der Waals surface area (Å²) in [6.45, 7) is 14.7. The van der Waals surface area contributed by atoms with Gasteiger partial charge in [-0.15, -0.1) is 0 Å². The van der Waals surface area contributed by atoms with Crippen molar-refractivity contribution >= 4 is 25.3 Å². The van der Waals surface area contributed by atoms with E-state index in [0.29, 0.717) is 78.8 Å². The average Bonchev–Trinajstić information content (AvgIpc) is 2.81. The topological polar surface area (TPSA) is 118 Å². The molecule has 1 rings (SSSR count). The molecule has 0 radical (unpaired) electrons. The summed E-state index contributed by atoms with van der Waals surface area (Å²) < 4.78 is 33.9. The third-order valence-electron chi connectivity index (χ3n) is 5.76. The average molecular weight is 551 g/mol. The number of carbonyl (C=O) groups is 3. The van der Waals surface area contributed by atoms with Crippen LogP contribution in [-0.4, -0.2) is 149 Å². The molecule has 0 aromatic heterocycles. The Morgan fingerprint density at radius 3 is 1.14 bits per heavy atom. The van der Waals surface area contributed by atoms with Crippen molar-refractivity contribution in [1.29, 1.82) is 0 Å². The van der Waals surface area contributed by atoms with Crippen LogP contribution in [0.2, 0.25) is 0 Å². The number of nitrogens with zero attached hydrogens (tertiary/aromatic N) is 4. The van der Waals surface area contributed by atoms with E-state index in [4.69, 9.17) is 18.7 Å². The van der Waals surface area contributed by atoms with Crippen molar-refractivity contribution in [2.24, 2.45) is 0 Å². The van der Waals surface area contributed by atoms with Gasteiger partial charge in [0.05, 0.1) is 52.3 Å². The monoisotopic (exact) mass is 550 g/mol. The van der Waals surface area contributed by atoms with Gasteiger partial charge in [-0.05, 0) is 27.7 Å². The van der Waals surface area contributed by atoms with E-state index in [-0.39, 0.29) is 43.8 Å². The zero-order chi connectivity index (χ0) is 27.7. The van der Waals surface area contributed by atoms with Gasteiger partial charge in [-0.2, -0.15) is 0 Å². The lowest BCUT2D eigenvalue weighted by molar-refractivity contribution is -0.146. The minimum Gasteiger partial charge on any atom is -0.465 e. The second kappa shape index (κ2) is 18.7. The fourth-order valence-electron chi connectivity index (χ4n) is 4.04. The summed E-state index contributed by atoms with van der Waals surface area (Å²) in [6.07, 6.45) is 0.274. The molecule has 216 valence electrons. The standard InChI is InChI=1S/C24H47N4O8P/c1-6-33-22(29)18-25-10-12-26(19-23(30)34-7-2)14-16-28(21-37(5,32)36-9-4)17-15-27(13-11-25)20-24(31)35-8-3/h6-21H2,1-5H3. The predicted molar refractivity (Wildman–Crippen MR) is 141 cm³/mol. The number of rotatable bonds is 13. The number of hydrogen-bond donors (Lipinski definition) is 0. The molecule has 0 aromatic carbocycles. The summed E-state index contributed by atoms with van der Waals surface area (Å²) in [5, 5.41) is 0. The molecule has 0 bridgehead atoms. The number of carbonyl (C=O) groups excluding carboxylic acids is 3.